The van der Waals surface area contributed by atoms with E-state index in [1.807, 2.05) is 43.3 Å². The normalized spacial score (nSPS) is 20.9. The molecule has 3 aliphatic rings. The first kappa shape index (κ1) is 22.8. The van der Waals surface area contributed by atoms with Crippen LogP contribution >= 0.6 is 0 Å². The molecule has 2 atom stereocenters. The van der Waals surface area contributed by atoms with E-state index in [1.54, 1.807) is 14.2 Å². The number of ketones is 1. The van der Waals surface area contributed by atoms with E-state index >= 15 is 0 Å². The van der Waals surface area contributed by atoms with Gasteiger partial charge in [0.15, 0.2) is 28.8 Å². The number of nitrogens with one attached hydrogen (secondary N) is 1. The molecular formula is C27H27NO7. The van der Waals surface area contributed by atoms with Gasteiger partial charge in [-0.05, 0) is 54.7 Å². The van der Waals surface area contributed by atoms with Crippen molar-refractivity contribution in [2.45, 2.75) is 31.6 Å². The minimum atomic E-state index is -0.563. The summed E-state index contributed by atoms with van der Waals surface area (Å²) in [4.78, 5) is 26.5. The quantitative estimate of drug-likeness (QED) is 0.647. The Bertz CT molecular complexity index is 1280. The van der Waals surface area contributed by atoms with Gasteiger partial charge in [0.05, 0.1) is 26.9 Å². The minimum absolute atomic E-state index is 0.0184. The third-order valence-electron chi connectivity index (χ3n) is 6.84. The van der Waals surface area contributed by atoms with E-state index in [4.69, 9.17) is 23.7 Å². The van der Waals surface area contributed by atoms with E-state index < -0.39 is 11.9 Å². The number of benzene rings is 2. The Hall–Kier alpha value is -3.94. The molecule has 2 aromatic rings. The van der Waals surface area contributed by atoms with Crippen LogP contribution in [0.15, 0.2) is 58.9 Å². The van der Waals surface area contributed by atoms with Crippen molar-refractivity contribution in [3.8, 4) is 23.0 Å². The van der Waals surface area contributed by atoms with Gasteiger partial charge in [-0.2, -0.15) is 0 Å². The van der Waals surface area contributed by atoms with Crippen LogP contribution in [0.2, 0.25) is 0 Å². The van der Waals surface area contributed by atoms with Gasteiger partial charge in [-0.3, -0.25) is 4.79 Å². The van der Waals surface area contributed by atoms with E-state index in [0.717, 1.165) is 16.8 Å². The number of carbonyl (C=O) groups is 2. The van der Waals surface area contributed by atoms with Crippen molar-refractivity contribution in [1.29, 1.82) is 0 Å². The Morgan fingerprint density at radius 2 is 1.69 bits per heavy atom. The topological polar surface area (TPSA) is 92.3 Å². The van der Waals surface area contributed by atoms with Crippen molar-refractivity contribution < 1.29 is 33.3 Å². The number of esters is 1. The third-order valence-corrected chi connectivity index (χ3v) is 6.84. The number of methoxy groups -OCH3 is 3. The predicted molar refractivity (Wildman–Crippen MR) is 127 cm³/mol. The van der Waals surface area contributed by atoms with Gasteiger partial charge in [0, 0.05) is 29.3 Å². The molecule has 2 aromatic carbocycles. The van der Waals surface area contributed by atoms with Crippen molar-refractivity contribution in [3.63, 3.8) is 0 Å². The van der Waals surface area contributed by atoms with E-state index in [2.05, 4.69) is 5.32 Å². The summed E-state index contributed by atoms with van der Waals surface area (Å²) in [6.07, 6.45) is 0.925. The van der Waals surface area contributed by atoms with Crippen LogP contribution in [0.3, 0.4) is 0 Å². The summed E-state index contributed by atoms with van der Waals surface area (Å²) in [5.74, 6) is 1.39. The number of carbonyl (C=O) groups excluding carboxylic acids is 2. The highest BCUT2D eigenvalue weighted by molar-refractivity contribution is 6.04. The molecular weight excluding hydrogens is 450 g/mol. The molecule has 2 aliphatic heterocycles. The van der Waals surface area contributed by atoms with Crippen molar-refractivity contribution >= 4 is 11.8 Å². The molecule has 0 aromatic heterocycles. The lowest BCUT2D eigenvalue weighted by molar-refractivity contribution is -0.136. The first-order chi connectivity index (χ1) is 16.9. The lowest BCUT2D eigenvalue weighted by atomic mass is 9.71. The van der Waals surface area contributed by atoms with Crippen LogP contribution < -0.4 is 24.3 Å². The Balaban J connectivity index is 1.57. The standard InChI is InChI=1S/C27H27NO7/c1-14-24(27(30)33-4)25(16-6-8-21-23(12-16)35-13-34-21)26-18(28-14)9-17(10-19(26)29)15-5-7-20(31-2)22(11-15)32-3/h5-8,11-12,17,25,28H,9-10,13H2,1-4H3/t17-,25-/m0/s1. The Labute approximate surface area is 203 Å². The minimum Gasteiger partial charge on any atom is -0.493 e. The second-order valence-corrected chi connectivity index (χ2v) is 8.74. The number of rotatable bonds is 5. The van der Waals surface area contributed by atoms with Crippen molar-refractivity contribution in [3.05, 3.63) is 70.1 Å². The molecule has 0 bridgehead atoms. The monoisotopic (exact) mass is 477 g/mol. The molecule has 5 rings (SSSR count). The number of hydrogen-bond acceptors (Lipinski definition) is 8. The summed E-state index contributed by atoms with van der Waals surface area (Å²) in [6.45, 7) is 1.98. The smallest absolute Gasteiger partial charge is 0.336 e. The summed E-state index contributed by atoms with van der Waals surface area (Å²) in [7, 11) is 4.53. The highest BCUT2D eigenvalue weighted by atomic mass is 16.7. The molecule has 1 aliphatic carbocycles. The zero-order chi connectivity index (χ0) is 24.7. The zero-order valence-corrected chi connectivity index (χ0v) is 20.1. The Morgan fingerprint density at radius 1 is 0.943 bits per heavy atom. The molecule has 0 amide bonds. The lowest BCUT2D eigenvalue weighted by Gasteiger charge is -2.36. The van der Waals surface area contributed by atoms with Gasteiger partial charge in [-0.1, -0.05) is 12.1 Å². The molecule has 0 saturated heterocycles. The number of dihydropyridines is 1. The van der Waals surface area contributed by atoms with Gasteiger partial charge in [0.1, 0.15) is 0 Å². The van der Waals surface area contributed by atoms with Crippen molar-refractivity contribution in [1.82, 2.24) is 5.32 Å². The van der Waals surface area contributed by atoms with Crippen LogP contribution in [0.4, 0.5) is 0 Å². The first-order valence-electron chi connectivity index (χ1n) is 11.4. The average Bonchev–Trinajstić information content (AvgIpc) is 3.34. The summed E-state index contributed by atoms with van der Waals surface area (Å²) >= 11 is 0. The summed E-state index contributed by atoms with van der Waals surface area (Å²) in [5, 5.41) is 3.34. The number of allylic oxidation sites excluding steroid dienone is 3. The fourth-order valence-corrected chi connectivity index (χ4v) is 5.19. The van der Waals surface area contributed by atoms with Crippen LogP contribution in [0, 0.1) is 0 Å². The van der Waals surface area contributed by atoms with Crippen LogP contribution in [0.25, 0.3) is 0 Å². The lowest BCUT2D eigenvalue weighted by Crippen LogP contribution is -2.36. The van der Waals surface area contributed by atoms with Crippen LogP contribution in [0.1, 0.15) is 42.7 Å². The van der Waals surface area contributed by atoms with Crippen molar-refractivity contribution in [2.24, 2.45) is 0 Å². The van der Waals surface area contributed by atoms with E-state index in [1.165, 1.54) is 7.11 Å². The maximum atomic E-state index is 13.7. The summed E-state index contributed by atoms with van der Waals surface area (Å²) < 4.78 is 26.9. The SMILES string of the molecule is COC(=O)C1=C(C)NC2=C(C(=O)C[C@@H](c3ccc(OC)c(OC)c3)C2)[C@H]1c1ccc2c(c1)OCO2. The zero-order valence-electron chi connectivity index (χ0n) is 20.1. The number of ether oxygens (including phenoxy) is 5. The molecule has 182 valence electrons. The predicted octanol–water partition coefficient (Wildman–Crippen LogP) is 3.97. The molecule has 0 saturated carbocycles. The molecule has 1 N–H and O–H groups in total. The summed E-state index contributed by atoms with van der Waals surface area (Å²) in [6, 6.07) is 11.3. The molecule has 0 unspecified atom stereocenters. The molecule has 8 heteroatoms. The molecule has 0 radical (unpaired) electrons. The Kier molecular flexibility index (Phi) is 5.88. The number of fused-ring (bicyclic) bond motifs is 1. The molecule has 0 fully saturated rings. The second kappa shape index (κ2) is 9.02. The first-order valence-corrected chi connectivity index (χ1v) is 11.4. The van der Waals surface area contributed by atoms with E-state index in [9.17, 15) is 9.59 Å². The van der Waals surface area contributed by atoms with E-state index in [-0.39, 0.29) is 18.5 Å². The van der Waals surface area contributed by atoms with Gasteiger partial charge in [0.2, 0.25) is 6.79 Å². The van der Waals surface area contributed by atoms with Gasteiger partial charge >= 0.3 is 5.97 Å². The van der Waals surface area contributed by atoms with Gasteiger partial charge < -0.3 is 29.0 Å². The van der Waals surface area contributed by atoms with Gasteiger partial charge in [0.25, 0.3) is 0 Å². The Morgan fingerprint density at radius 3 is 2.43 bits per heavy atom. The van der Waals surface area contributed by atoms with Crippen LogP contribution in [0.5, 0.6) is 23.0 Å². The highest BCUT2D eigenvalue weighted by Crippen LogP contribution is 2.48. The largest absolute Gasteiger partial charge is 0.493 e. The second-order valence-electron chi connectivity index (χ2n) is 8.74. The molecule has 8 nitrogen and oxygen atoms in total. The average molecular weight is 478 g/mol. The van der Waals surface area contributed by atoms with Crippen LogP contribution in [-0.2, 0) is 14.3 Å². The maximum absolute atomic E-state index is 13.7. The highest BCUT2D eigenvalue weighted by Gasteiger charge is 2.41. The van der Waals surface area contributed by atoms with Gasteiger partial charge in [-0.25, -0.2) is 4.79 Å². The fourth-order valence-electron chi connectivity index (χ4n) is 5.19. The maximum Gasteiger partial charge on any atom is 0.336 e. The van der Waals surface area contributed by atoms with Crippen LogP contribution in [-0.4, -0.2) is 39.9 Å². The number of hydrogen-bond donors (Lipinski definition) is 1. The number of Topliss-reactive ketones (excluding diaryl/α,β-unsaturated/α-hetero) is 1. The fraction of sp³-hybridized carbons (Fsp3) is 0.333. The molecule has 35 heavy (non-hydrogen) atoms. The molecule has 2 heterocycles. The summed E-state index contributed by atoms with van der Waals surface area (Å²) in [5.41, 5.74) is 4.26. The van der Waals surface area contributed by atoms with Gasteiger partial charge in [-0.15, -0.1) is 0 Å². The van der Waals surface area contributed by atoms with E-state index in [0.29, 0.717) is 52.7 Å². The van der Waals surface area contributed by atoms with Crippen molar-refractivity contribution in [2.75, 3.05) is 28.1 Å². The molecule has 0 spiro atoms. The third kappa shape index (κ3) is 3.88.